The highest BCUT2D eigenvalue weighted by molar-refractivity contribution is 5.90. The molecule has 0 atom stereocenters. The number of hydrogen-bond acceptors (Lipinski definition) is 4. The lowest BCUT2D eigenvalue weighted by atomic mass is 10.1. The van der Waals surface area contributed by atoms with Gasteiger partial charge in [0.25, 0.3) is 5.69 Å². The maximum absolute atomic E-state index is 13.7. The number of fused-ring (bicyclic) bond motifs is 1. The zero-order chi connectivity index (χ0) is 13.3. The highest BCUT2D eigenvalue weighted by atomic mass is 19.1. The van der Waals surface area contributed by atoms with Crippen molar-refractivity contribution in [2.75, 3.05) is 12.4 Å². The van der Waals surface area contributed by atoms with Gasteiger partial charge in [-0.15, -0.1) is 0 Å². The second-order valence-corrected chi connectivity index (χ2v) is 3.82. The number of halogens is 1. The molecule has 2 rings (SSSR count). The molecule has 1 N–H and O–H groups in total. The number of nitrogens with one attached hydrogen (secondary N) is 1. The van der Waals surface area contributed by atoms with E-state index in [0.717, 1.165) is 17.7 Å². The van der Waals surface area contributed by atoms with E-state index >= 15 is 0 Å². The number of hydrogen-bond donors (Lipinski definition) is 1. The molecule has 1 aromatic heterocycles. The van der Waals surface area contributed by atoms with Crippen LogP contribution in [0.1, 0.15) is 12.5 Å². The summed E-state index contributed by atoms with van der Waals surface area (Å²) in [5, 5.41) is 14.0. The zero-order valence-electron chi connectivity index (χ0n) is 10.0. The van der Waals surface area contributed by atoms with Crippen LogP contribution in [0.3, 0.4) is 0 Å². The lowest BCUT2D eigenvalue weighted by Crippen LogP contribution is -2.01. The van der Waals surface area contributed by atoms with Crippen LogP contribution in [0, 0.1) is 15.9 Å². The molecule has 0 spiro atoms. The van der Waals surface area contributed by atoms with Crippen molar-refractivity contribution >= 4 is 22.4 Å². The van der Waals surface area contributed by atoms with Crippen LogP contribution in [0.5, 0.6) is 0 Å². The van der Waals surface area contributed by atoms with Crippen molar-refractivity contribution in [2.24, 2.45) is 0 Å². The van der Waals surface area contributed by atoms with E-state index in [1.807, 2.05) is 6.92 Å². The molecule has 94 valence electrons. The second kappa shape index (κ2) is 4.56. The monoisotopic (exact) mass is 249 g/mol. The molecule has 0 aliphatic heterocycles. The third-order valence-electron chi connectivity index (χ3n) is 2.81. The van der Waals surface area contributed by atoms with Crippen LogP contribution in [-0.4, -0.2) is 17.0 Å². The minimum atomic E-state index is -0.560. The van der Waals surface area contributed by atoms with Gasteiger partial charge in [0, 0.05) is 13.1 Å². The summed E-state index contributed by atoms with van der Waals surface area (Å²) < 4.78 is 13.7. The Hall–Kier alpha value is -2.24. The quantitative estimate of drug-likeness (QED) is 0.670. The van der Waals surface area contributed by atoms with Crippen molar-refractivity contribution in [1.82, 2.24) is 4.98 Å². The lowest BCUT2D eigenvalue weighted by molar-refractivity contribution is -0.383. The molecule has 0 aliphatic rings. The number of anilines is 1. The molecular weight excluding hydrogens is 237 g/mol. The van der Waals surface area contributed by atoms with Gasteiger partial charge in [0.1, 0.15) is 17.2 Å². The van der Waals surface area contributed by atoms with E-state index in [1.54, 1.807) is 13.1 Å². The Morgan fingerprint density at radius 3 is 2.78 bits per heavy atom. The molecule has 0 aliphatic carbocycles. The summed E-state index contributed by atoms with van der Waals surface area (Å²) in [7, 11) is 1.68. The third kappa shape index (κ3) is 1.85. The first-order chi connectivity index (χ1) is 8.58. The fourth-order valence-corrected chi connectivity index (χ4v) is 1.90. The van der Waals surface area contributed by atoms with E-state index in [2.05, 4.69) is 10.3 Å². The molecule has 6 heteroatoms. The fourth-order valence-electron chi connectivity index (χ4n) is 1.90. The van der Waals surface area contributed by atoms with Crippen LogP contribution >= 0.6 is 0 Å². The van der Waals surface area contributed by atoms with Crippen molar-refractivity contribution in [3.05, 3.63) is 39.7 Å². The minimum Gasteiger partial charge on any atom is -0.373 e. The highest BCUT2D eigenvalue weighted by Crippen LogP contribution is 2.30. The first kappa shape index (κ1) is 12.2. The summed E-state index contributed by atoms with van der Waals surface area (Å²) >= 11 is 0. The van der Waals surface area contributed by atoms with E-state index in [9.17, 15) is 14.5 Å². The molecule has 0 bridgehead atoms. The van der Waals surface area contributed by atoms with Gasteiger partial charge in [-0.3, -0.25) is 10.1 Å². The van der Waals surface area contributed by atoms with Crippen molar-refractivity contribution < 1.29 is 9.31 Å². The summed E-state index contributed by atoms with van der Waals surface area (Å²) in [6, 6.07) is 3.85. The topological polar surface area (TPSA) is 68.1 Å². The van der Waals surface area contributed by atoms with E-state index in [1.165, 1.54) is 0 Å². The molecular formula is C12H12FN3O2. The number of rotatable bonds is 3. The first-order valence-electron chi connectivity index (χ1n) is 5.52. The number of nitrogens with zero attached hydrogens (tertiary/aromatic N) is 2. The van der Waals surface area contributed by atoms with Crippen LogP contribution in [0.2, 0.25) is 0 Å². The van der Waals surface area contributed by atoms with Gasteiger partial charge in [0.05, 0.1) is 10.3 Å². The van der Waals surface area contributed by atoms with E-state index < -0.39 is 10.7 Å². The normalized spacial score (nSPS) is 10.6. The molecule has 1 heterocycles. The van der Waals surface area contributed by atoms with Gasteiger partial charge in [0.15, 0.2) is 0 Å². The largest absolute Gasteiger partial charge is 0.373 e. The Morgan fingerprint density at radius 2 is 2.22 bits per heavy atom. The SMILES string of the molecule is CCc1cc2c([N+](=O)[O-])ccc(F)c2nc1NC. The predicted octanol–water partition coefficient (Wildman–Crippen LogP) is 2.89. The van der Waals surface area contributed by atoms with Gasteiger partial charge in [-0.05, 0) is 24.1 Å². The molecule has 0 unspecified atom stereocenters. The summed E-state index contributed by atoms with van der Waals surface area (Å²) in [6.45, 7) is 1.91. The summed E-state index contributed by atoms with van der Waals surface area (Å²) in [4.78, 5) is 14.5. The Bertz CT molecular complexity index is 628. The summed E-state index contributed by atoms with van der Waals surface area (Å²) in [5.74, 6) is -0.0147. The Labute approximate surface area is 103 Å². The number of nitro groups is 1. The third-order valence-corrected chi connectivity index (χ3v) is 2.81. The lowest BCUT2D eigenvalue weighted by Gasteiger charge is -2.09. The summed E-state index contributed by atoms with van der Waals surface area (Å²) in [5.41, 5.74) is 0.709. The van der Waals surface area contributed by atoms with Gasteiger partial charge in [-0.1, -0.05) is 6.92 Å². The number of benzene rings is 1. The molecule has 1 aromatic carbocycles. The van der Waals surface area contributed by atoms with Crippen molar-refractivity contribution in [3.63, 3.8) is 0 Å². The Morgan fingerprint density at radius 1 is 1.50 bits per heavy atom. The molecule has 2 aromatic rings. The second-order valence-electron chi connectivity index (χ2n) is 3.82. The molecule has 0 saturated carbocycles. The van der Waals surface area contributed by atoms with Crippen molar-refractivity contribution in [2.45, 2.75) is 13.3 Å². The van der Waals surface area contributed by atoms with E-state index in [-0.39, 0.29) is 16.6 Å². The molecule has 0 saturated heterocycles. The van der Waals surface area contributed by atoms with Crippen LogP contribution in [0.15, 0.2) is 18.2 Å². The van der Waals surface area contributed by atoms with Crippen molar-refractivity contribution in [1.29, 1.82) is 0 Å². The average Bonchev–Trinajstić information content (AvgIpc) is 2.37. The van der Waals surface area contributed by atoms with Gasteiger partial charge in [-0.2, -0.15) is 0 Å². The van der Waals surface area contributed by atoms with Gasteiger partial charge in [-0.25, -0.2) is 9.37 Å². The Balaban J connectivity index is 2.86. The maximum atomic E-state index is 13.7. The number of aryl methyl sites for hydroxylation is 1. The van der Waals surface area contributed by atoms with Crippen LogP contribution in [0.25, 0.3) is 10.9 Å². The van der Waals surface area contributed by atoms with Crippen LogP contribution in [0.4, 0.5) is 15.9 Å². The zero-order valence-corrected chi connectivity index (χ0v) is 10.0. The van der Waals surface area contributed by atoms with Gasteiger partial charge in [0.2, 0.25) is 0 Å². The van der Waals surface area contributed by atoms with E-state index in [0.29, 0.717) is 12.2 Å². The highest BCUT2D eigenvalue weighted by Gasteiger charge is 2.17. The van der Waals surface area contributed by atoms with Gasteiger partial charge < -0.3 is 5.32 Å². The minimum absolute atomic E-state index is 0.0192. The first-order valence-corrected chi connectivity index (χ1v) is 5.52. The predicted molar refractivity (Wildman–Crippen MR) is 67.3 cm³/mol. The van der Waals surface area contributed by atoms with Crippen LogP contribution < -0.4 is 5.32 Å². The average molecular weight is 249 g/mol. The van der Waals surface area contributed by atoms with Crippen LogP contribution in [-0.2, 0) is 6.42 Å². The molecule has 0 fully saturated rings. The number of pyridine rings is 1. The Kier molecular flexibility index (Phi) is 3.10. The fraction of sp³-hybridized carbons (Fsp3) is 0.250. The van der Waals surface area contributed by atoms with Crippen molar-refractivity contribution in [3.8, 4) is 0 Å². The maximum Gasteiger partial charge on any atom is 0.278 e. The smallest absolute Gasteiger partial charge is 0.278 e. The molecule has 0 radical (unpaired) electrons. The number of non-ortho nitro benzene ring substituents is 1. The van der Waals surface area contributed by atoms with Gasteiger partial charge >= 0.3 is 0 Å². The molecule has 5 nitrogen and oxygen atoms in total. The summed E-state index contributed by atoms with van der Waals surface area (Å²) in [6.07, 6.45) is 0.660. The molecule has 0 amide bonds. The van der Waals surface area contributed by atoms with E-state index in [4.69, 9.17) is 0 Å². The molecule has 18 heavy (non-hydrogen) atoms. The standard InChI is InChI=1S/C12H12FN3O2/c1-3-7-6-8-10(16(17)18)5-4-9(13)11(8)15-12(7)14-2/h4-6H,3H2,1-2H3,(H,14,15). The number of aromatic nitrogens is 1. The number of nitro benzene ring substituents is 1.